The lowest BCUT2D eigenvalue weighted by molar-refractivity contribution is 0.0698. The van der Waals surface area contributed by atoms with Crippen molar-refractivity contribution < 1.29 is 19.4 Å². The van der Waals surface area contributed by atoms with E-state index >= 15 is 0 Å². The first-order chi connectivity index (χ1) is 14.5. The number of rotatable bonds is 6. The smallest absolute Gasteiger partial charge is 0.336 e. The number of ketones is 1. The zero-order valence-electron chi connectivity index (χ0n) is 16.0. The Morgan fingerprint density at radius 1 is 1.00 bits per heavy atom. The molecule has 2 N–H and O–H groups in total. The van der Waals surface area contributed by atoms with E-state index in [9.17, 15) is 14.7 Å². The number of aromatic carboxylic acids is 1. The van der Waals surface area contributed by atoms with Crippen molar-refractivity contribution in [2.45, 2.75) is 6.92 Å². The van der Waals surface area contributed by atoms with Crippen LogP contribution in [0.3, 0.4) is 0 Å². The SMILES string of the molecule is CC(=O)c1cccc(Nc2nccc(Oc3ccc4c(C(=O)O)cccc4c3)n2)c1. The van der Waals surface area contributed by atoms with Gasteiger partial charge < -0.3 is 15.2 Å². The van der Waals surface area contributed by atoms with Crippen LogP contribution >= 0.6 is 0 Å². The molecule has 0 aliphatic rings. The van der Waals surface area contributed by atoms with Gasteiger partial charge in [-0.2, -0.15) is 4.98 Å². The van der Waals surface area contributed by atoms with E-state index in [-0.39, 0.29) is 11.3 Å². The standard InChI is InChI=1S/C23H17N3O4/c1-14(27)15-4-2-6-17(12-15)25-23-24-11-10-21(26-23)30-18-8-9-19-16(13-18)5-3-7-20(19)22(28)29/h2-13H,1H3,(H,28,29)(H,24,25,26). The first kappa shape index (κ1) is 19.1. The van der Waals surface area contributed by atoms with Crippen LogP contribution in [0.15, 0.2) is 72.9 Å². The number of fused-ring (bicyclic) bond motifs is 1. The van der Waals surface area contributed by atoms with Gasteiger partial charge in [0.25, 0.3) is 0 Å². The van der Waals surface area contributed by atoms with Crippen molar-refractivity contribution in [2.75, 3.05) is 5.32 Å². The minimum Gasteiger partial charge on any atom is -0.478 e. The summed E-state index contributed by atoms with van der Waals surface area (Å²) >= 11 is 0. The highest BCUT2D eigenvalue weighted by Crippen LogP contribution is 2.27. The summed E-state index contributed by atoms with van der Waals surface area (Å²) in [6.07, 6.45) is 1.56. The Morgan fingerprint density at radius 3 is 2.63 bits per heavy atom. The number of Topliss-reactive ketones (excluding diaryl/α,β-unsaturated/α-hetero) is 1. The highest BCUT2D eigenvalue weighted by molar-refractivity contribution is 6.03. The number of benzene rings is 3. The number of nitrogens with one attached hydrogen (secondary N) is 1. The molecule has 0 radical (unpaired) electrons. The number of anilines is 2. The minimum atomic E-state index is -0.977. The van der Waals surface area contributed by atoms with Gasteiger partial charge in [0.05, 0.1) is 5.56 Å². The summed E-state index contributed by atoms with van der Waals surface area (Å²) in [5.41, 5.74) is 1.51. The normalized spacial score (nSPS) is 10.6. The van der Waals surface area contributed by atoms with E-state index in [4.69, 9.17) is 4.74 Å². The third kappa shape index (κ3) is 4.10. The summed E-state index contributed by atoms with van der Waals surface area (Å²) in [7, 11) is 0. The van der Waals surface area contributed by atoms with E-state index in [2.05, 4.69) is 15.3 Å². The number of hydrogen-bond donors (Lipinski definition) is 2. The van der Waals surface area contributed by atoms with E-state index in [0.29, 0.717) is 34.2 Å². The lowest BCUT2D eigenvalue weighted by Crippen LogP contribution is -2.00. The van der Waals surface area contributed by atoms with Crippen LogP contribution in [0.1, 0.15) is 27.6 Å². The summed E-state index contributed by atoms with van der Waals surface area (Å²) in [4.78, 5) is 31.4. The molecule has 0 bridgehead atoms. The van der Waals surface area contributed by atoms with Crippen LogP contribution in [-0.4, -0.2) is 26.8 Å². The number of carbonyl (C=O) groups excluding carboxylic acids is 1. The molecule has 1 heterocycles. The summed E-state index contributed by atoms with van der Waals surface area (Å²) in [5, 5.41) is 13.8. The van der Waals surface area contributed by atoms with Gasteiger partial charge in [-0.3, -0.25) is 4.79 Å². The average Bonchev–Trinajstić information content (AvgIpc) is 2.73. The minimum absolute atomic E-state index is 0.0287. The summed E-state index contributed by atoms with van der Waals surface area (Å²) in [5.74, 6) is 0.160. The van der Waals surface area contributed by atoms with Gasteiger partial charge in [0, 0.05) is 23.5 Å². The van der Waals surface area contributed by atoms with E-state index in [1.54, 1.807) is 60.8 Å². The summed E-state index contributed by atoms with van der Waals surface area (Å²) in [6.45, 7) is 1.51. The van der Waals surface area contributed by atoms with Crippen LogP contribution in [0.4, 0.5) is 11.6 Å². The Morgan fingerprint density at radius 2 is 1.83 bits per heavy atom. The molecule has 0 aliphatic carbocycles. The summed E-state index contributed by atoms with van der Waals surface area (Å²) in [6, 6.07) is 18.9. The van der Waals surface area contributed by atoms with Gasteiger partial charge in [-0.25, -0.2) is 9.78 Å². The second-order valence-corrected chi connectivity index (χ2v) is 6.58. The third-order valence-corrected chi connectivity index (χ3v) is 4.46. The van der Waals surface area contributed by atoms with Crippen LogP contribution in [0.25, 0.3) is 10.8 Å². The lowest BCUT2D eigenvalue weighted by atomic mass is 10.0. The Labute approximate surface area is 172 Å². The maximum Gasteiger partial charge on any atom is 0.336 e. The first-order valence-corrected chi connectivity index (χ1v) is 9.14. The molecule has 30 heavy (non-hydrogen) atoms. The Balaban J connectivity index is 1.57. The molecule has 0 saturated carbocycles. The van der Waals surface area contributed by atoms with Crippen molar-refractivity contribution in [3.8, 4) is 11.6 Å². The van der Waals surface area contributed by atoms with Crippen molar-refractivity contribution in [1.29, 1.82) is 0 Å². The number of carboxylic acids is 1. The van der Waals surface area contributed by atoms with Gasteiger partial charge in [0.1, 0.15) is 5.75 Å². The number of hydrogen-bond acceptors (Lipinski definition) is 6. The van der Waals surface area contributed by atoms with Gasteiger partial charge in [-0.1, -0.05) is 24.3 Å². The molecule has 4 aromatic rings. The molecular formula is C23H17N3O4. The number of ether oxygens (including phenoxy) is 1. The number of carboxylic acid groups (broad SMARTS) is 1. The van der Waals surface area contributed by atoms with Crippen molar-refractivity contribution in [2.24, 2.45) is 0 Å². The highest BCUT2D eigenvalue weighted by Gasteiger charge is 2.10. The van der Waals surface area contributed by atoms with Crippen molar-refractivity contribution in [3.63, 3.8) is 0 Å². The van der Waals surface area contributed by atoms with Gasteiger partial charge in [-0.15, -0.1) is 0 Å². The molecule has 0 unspecified atom stereocenters. The zero-order valence-corrected chi connectivity index (χ0v) is 16.0. The molecule has 7 heteroatoms. The quantitative estimate of drug-likeness (QED) is 0.437. The Kier molecular flexibility index (Phi) is 5.09. The number of nitrogens with zero attached hydrogens (tertiary/aromatic N) is 2. The predicted octanol–water partition coefficient (Wildman–Crippen LogP) is 5.07. The molecule has 3 aromatic carbocycles. The Bertz CT molecular complexity index is 1270. The second-order valence-electron chi connectivity index (χ2n) is 6.58. The molecule has 7 nitrogen and oxygen atoms in total. The van der Waals surface area contributed by atoms with Gasteiger partial charge in [-0.05, 0) is 54.1 Å². The highest BCUT2D eigenvalue weighted by atomic mass is 16.5. The Hall–Kier alpha value is -4.26. The van der Waals surface area contributed by atoms with E-state index in [1.807, 2.05) is 12.1 Å². The fraction of sp³-hybridized carbons (Fsp3) is 0.0435. The molecular weight excluding hydrogens is 382 g/mol. The molecule has 148 valence electrons. The largest absolute Gasteiger partial charge is 0.478 e. The number of aromatic nitrogens is 2. The van der Waals surface area contributed by atoms with Crippen LogP contribution < -0.4 is 10.1 Å². The fourth-order valence-electron chi connectivity index (χ4n) is 3.04. The molecule has 0 aliphatic heterocycles. The van der Waals surface area contributed by atoms with Crippen LogP contribution in [0.2, 0.25) is 0 Å². The molecule has 1 aromatic heterocycles. The van der Waals surface area contributed by atoms with E-state index in [0.717, 1.165) is 5.39 Å². The van der Waals surface area contributed by atoms with Crippen LogP contribution in [0.5, 0.6) is 11.6 Å². The molecule has 0 fully saturated rings. The molecule has 0 amide bonds. The average molecular weight is 399 g/mol. The second kappa shape index (κ2) is 8.00. The predicted molar refractivity (Wildman–Crippen MR) is 113 cm³/mol. The first-order valence-electron chi connectivity index (χ1n) is 9.14. The third-order valence-electron chi connectivity index (χ3n) is 4.46. The van der Waals surface area contributed by atoms with E-state index < -0.39 is 5.97 Å². The topological polar surface area (TPSA) is 101 Å². The molecule has 4 rings (SSSR count). The lowest BCUT2D eigenvalue weighted by Gasteiger charge is -2.09. The van der Waals surface area contributed by atoms with Crippen molar-refractivity contribution >= 4 is 34.2 Å². The van der Waals surface area contributed by atoms with E-state index in [1.165, 1.54) is 6.92 Å². The van der Waals surface area contributed by atoms with Gasteiger partial charge in [0.15, 0.2) is 5.78 Å². The maximum atomic E-state index is 11.5. The zero-order chi connectivity index (χ0) is 21.1. The molecule has 0 saturated heterocycles. The van der Waals surface area contributed by atoms with Gasteiger partial charge >= 0.3 is 5.97 Å². The maximum absolute atomic E-state index is 11.5. The molecule has 0 atom stereocenters. The molecule has 0 spiro atoms. The van der Waals surface area contributed by atoms with Crippen molar-refractivity contribution in [3.05, 3.63) is 84.1 Å². The van der Waals surface area contributed by atoms with Crippen molar-refractivity contribution in [1.82, 2.24) is 9.97 Å². The van der Waals surface area contributed by atoms with Gasteiger partial charge in [0.2, 0.25) is 11.8 Å². The monoisotopic (exact) mass is 399 g/mol. The summed E-state index contributed by atoms with van der Waals surface area (Å²) < 4.78 is 5.83. The van der Waals surface area contributed by atoms with Crippen LogP contribution in [0, 0.1) is 0 Å². The fourth-order valence-corrected chi connectivity index (χ4v) is 3.04. The van der Waals surface area contributed by atoms with Crippen LogP contribution in [-0.2, 0) is 0 Å². The number of carbonyl (C=O) groups is 2.